The molecule has 0 atom stereocenters. The minimum absolute atomic E-state index is 1.18. The van der Waals surface area contributed by atoms with Crippen LogP contribution in [-0.4, -0.2) is 0 Å². The molecule has 0 radical (unpaired) electrons. The Kier molecular flexibility index (Phi) is 1.04. The van der Waals surface area contributed by atoms with E-state index in [2.05, 4.69) is 6.07 Å². The zero-order valence-electron chi connectivity index (χ0n) is 5.79. The fourth-order valence-corrected chi connectivity index (χ4v) is 1.17. The van der Waals surface area contributed by atoms with Crippen molar-refractivity contribution in [2.75, 3.05) is 0 Å². The average molecular weight is 132 g/mol. The molecule has 0 unspecified atom stereocenters. The van der Waals surface area contributed by atoms with Gasteiger partial charge >= 0.3 is 0 Å². The Morgan fingerprint density at radius 3 is 2.90 bits per heavy atom. The summed E-state index contributed by atoms with van der Waals surface area (Å²) in [6.45, 7) is 2.05. The van der Waals surface area contributed by atoms with Crippen LogP contribution in [0.4, 0.5) is 0 Å². The molecule has 10 heavy (non-hydrogen) atoms. The van der Waals surface area contributed by atoms with E-state index in [1.54, 1.807) is 12.5 Å². The van der Waals surface area contributed by atoms with Crippen molar-refractivity contribution in [3.8, 4) is 11.1 Å². The molecular weight excluding hydrogens is 124 g/mol. The fraction of sp³-hybridized carbons (Fsp3) is 0.111. The molecule has 1 aliphatic heterocycles. The Labute approximate surface area is 59.6 Å². The first kappa shape index (κ1) is 5.54. The van der Waals surface area contributed by atoms with Crippen molar-refractivity contribution in [3.63, 3.8) is 0 Å². The van der Waals surface area contributed by atoms with E-state index in [0.29, 0.717) is 0 Å². The average Bonchev–Trinajstić information content (AvgIpc) is 2.36. The third-order valence-corrected chi connectivity index (χ3v) is 1.71. The van der Waals surface area contributed by atoms with Crippen molar-refractivity contribution < 1.29 is 4.42 Å². The zero-order chi connectivity index (χ0) is 6.97. The van der Waals surface area contributed by atoms with Gasteiger partial charge in [0, 0.05) is 5.56 Å². The number of rotatable bonds is 0. The molecule has 1 nitrogen and oxygen atoms in total. The van der Waals surface area contributed by atoms with E-state index in [-0.39, 0.29) is 0 Å². The Bertz CT molecular complexity index is 309. The molecular formula is C9H8O. The van der Waals surface area contributed by atoms with Gasteiger partial charge in [-0.05, 0) is 18.1 Å². The summed E-state index contributed by atoms with van der Waals surface area (Å²) in [6.07, 6.45) is 3.53. The van der Waals surface area contributed by atoms with Crippen molar-refractivity contribution in [1.29, 1.82) is 0 Å². The largest absolute Gasteiger partial charge is 0.472 e. The molecule has 2 aliphatic rings. The molecule has 2 rings (SSSR count). The van der Waals surface area contributed by atoms with Crippen LogP contribution in [0.1, 0.15) is 5.56 Å². The summed E-state index contributed by atoms with van der Waals surface area (Å²) in [4.78, 5) is 0. The van der Waals surface area contributed by atoms with Crippen LogP contribution in [-0.2, 0) is 0 Å². The highest BCUT2D eigenvalue weighted by atomic mass is 16.3. The van der Waals surface area contributed by atoms with Gasteiger partial charge in [-0.2, -0.15) is 0 Å². The number of aryl methyl sites for hydroxylation is 1. The van der Waals surface area contributed by atoms with Crippen LogP contribution in [0.3, 0.4) is 0 Å². The lowest BCUT2D eigenvalue weighted by atomic mass is 10.1. The van der Waals surface area contributed by atoms with Crippen molar-refractivity contribution in [2.24, 2.45) is 0 Å². The molecule has 0 aromatic rings. The smallest absolute Gasteiger partial charge is 0.0980 e. The molecule has 0 saturated carbocycles. The van der Waals surface area contributed by atoms with Crippen LogP contribution in [0.5, 0.6) is 0 Å². The van der Waals surface area contributed by atoms with Crippen molar-refractivity contribution in [3.05, 3.63) is 36.3 Å². The second kappa shape index (κ2) is 1.87. The lowest BCUT2D eigenvalue weighted by Gasteiger charge is -1.99. The Morgan fingerprint density at radius 1 is 1.20 bits per heavy atom. The van der Waals surface area contributed by atoms with Crippen LogP contribution in [0.25, 0.3) is 11.1 Å². The normalized spacial score (nSPS) is 10.5. The summed E-state index contributed by atoms with van der Waals surface area (Å²) in [5.41, 5.74) is 3.66. The predicted octanol–water partition coefficient (Wildman–Crippen LogP) is 2.69. The van der Waals surface area contributed by atoms with Crippen LogP contribution in [0.15, 0.2) is 35.1 Å². The minimum Gasteiger partial charge on any atom is -0.472 e. The van der Waals surface area contributed by atoms with Crippen LogP contribution >= 0.6 is 0 Å². The summed E-state index contributed by atoms with van der Waals surface area (Å²) < 4.78 is 5.08. The van der Waals surface area contributed by atoms with E-state index in [9.17, 15) is 0 Å². The van der Waals surface area contributed by atoms with Gasteiger partial charge in [0.2, 0.25) is 0 Å². The maximum Gasteiger partial charge on any atom is 0.0980 e. The van der Waals surface area contributed by atoms with Gasteiger partial charge in [0.05, 0.1) is 12.5 Å². The summed E-state index contributed by atoms with van der Waals surface area (Å²) in [5.74, 6) is 0. The maximum atomic E-state index is 5.08. The second-order valence-electron chi connectivity index (χ2n) is 2.45. The SMILES string of the molecule is Cc1cocc2cccc1-2. The van der Waals surface area contributed by atoms with Gasteiger partial charge in [0.25, 0.3) is 0 Å². The third kappa shape index (κ3) is 0.637. The maximum absolute atomic E-state index is 5.08. The minimum atomic E-state index is 1.18. The molecule has 1 heteroatoms. The van der Waals surface area contributed by atoms with Gasteiger partial charge in [-0.3, -0.25) is 0 Å². The van der Waals surface area contributed by atoms with Crippen LogP contribution in [0, 0.1) is 6.92 Å². The molecule has 1 heterocycles. The first-order chi connectivity index (χ1) is 4.88. The number of hydrogen-bond acceptors (Lipinski definition) is 1. The summed E-state index contributed by atoms with van der Waals surface area (Å²) in [5, 5.41) is 0. The first-order valence-electron chi connectivity index (χ1n) is 3.29. The van der Waals surface area contributed by atoms with Gasteiger partial charge in [-0.15, -0.1) is 0 Å². The van der Waals surface area contributed by atoms with E-state index in [4.69, 9.17) is 4.42 Å². The van der Waals surface area contributed by atoms with E-state index in [1.165, 1.54) is 16.7 Å². The highest BCUT2D eigenvalue weighted by Gasteiger charge is 2.03. The van der Waals surface area contributed by atoms with Gasteiger partial charge in [-0.1, -0.05) is 18.2 Å². The van der Waals surface area contributed by atoms with E-state index < -0.39 is 0 Å². The monoisotopic (exact) mass is 132 g/mol. The van der Waals surface area contributed by atoms with Crippen molar-refractivity contribution in [2.45, 2.75) is 6.92 Å². The molecule has 0 aromatic carbocycles. The number of fused-ring (bicyclic) bond motifs is 1. The van der Waals surface area contributed by atoms with Crippen LogP contribution in [0.2, 0.25) is 0 Å². The Hall–Kier alpha value is -1.24. The topological polar surface area (TPSA) is 13.1 Å². The Balaban J connectivity index is 2.80. The summed E-state index contributed by atoms with van der Waals surface area (Å²) in [7, 11) is 0. The lowest BCUT2D eigenvalue weighted by Crippen LogP contribution is -1.76. The highest BCUT2D eigenvalue weighted by Crippen LogP contribution is 2.25. The second-order valence-corrected chi connectivity index (χ2v) is 2.45. The fourth-order valence-electron chi connectivity index (χ4n) is 1.17. The van der Waals surface area contributed by atoms with E-state index in [0.717, 1.165) is 0 Å². The van der Waals surface area contributed by atoms with E-state index >= 15 is 0 Å². The summed E-state index contributed by atoms with van der Waals surface area (Å²) in [6, 6.07) is 6.18. The molecule has 50 valence electrons. The molecule has 0 aromatic heterocycles. The van der Waals surface area contributed by atoms with Gasteiger partial charge in [0.15, 0.2) is 0 Å². The predicted molar refractivity (Wildman–Crippen MR) is 40.1 cm³/mol. The van der Waals surface area contributed by atoms with Gasteiger partial charge < -0.3 is 4.42 Å². The molecule has 0 spiro atoms. The molecule has 0 bridgehead atoms. The first-order valence-corrected chi connectivity index (χ1v) is 3.29. The molecule has 0 saturated heterocycles. The standard InChI is InChI=1S/C9H8O/c1-7-5-10-6-8-3-2-4-9(7)8/h2-6H,1H3. The Morgan fingerprint density at radius 2 is 2.10 bits per heavy atom. The third-order valence-electron chi connectivity index (χ3n) is 1.71. The quantitative estimate of drug-likeness (QED) is 0.537. The zero-order valence-corrected chi connectivity index (χ0v) is 5.79. The van der Waals surface area contributed by atoms with Crippen molar-refractivity contribution in [1.82, 2.24) is 0 Å². The van der Waals surface area contributed by atoms with Gasteiger partial charge in [0.1, 0.15) is 0 Å². The molecule has 0 fully saturated rings. The summed E-state index contributed by atoms with van der Waals surface area (Å²) >= 11 is 0. The molecule has 1 aliphatic carbocycles. The van der Waals surface area contributed by atoms with E-state index in [1.807, 2.05) is 19.1 Å². The molecule has 0 N–H and O–H groups in total. The number of hydrogen-bond donors (Lipinski definition) is 0. The molecule has 0 amide bonds. The van der Waals surface area contributed by atoms with Crippen molar-refractivity contribution >= 4 is 0 Å². The van der Waals surface area contributed by atoms with Crippen LogP contribution < -0.4 is 0 Å². The highest BCUT2D eigenvalue weighted by molar-refractivity contribution is 5.67. The van der Waals surface area contributed by atoms with Gasteiger partial charge in [-0.25, -0.2) is 0 Å². The lowest BCUT2D eigenvalue weighted by molar-refractivity contribution is 0.548.